The van der Waals surface area contributed by atoms with E-state index in [1.54, 1.807) is 20.8 Å². The Balaban J connectivity index is 0.00000722. The minimum Gasteiger partial charge on any atom is -0.464 e. The van der Waals surface area contributed by atoms with Crippen LogP contribution in [0.2, 0.25) is 0 Å². The smallest absolute Gasteiger partial charge is 0.323 e. The lowest BCUT2D eigenvalue weighted by molar-refractivity contribution is -0.154. The van der Waals surface area contributed by atoms with E-state index in [9.17, 15) is 14.4 Å². The number of carbonyl (C=O) groups excluding carboxylic acids is 3. The third-order valence-corrected chi connectivity index (χ3v) is 7.42. The van der Waals surface area contributed by atoms with E-state index in [-0.39, 0.29) is 39.4 Å². The lowest BCUT2D eigenvalue weighted by Gasteiger charge is -2.44. The molecule has 0 aliphatic carbocycles. The molecule has 3 atom stereocenters. The van der Waals surface area contributed by atoms with Crippen LogP contribution >= 0.6 is 7.49 Å². The zero-order valence-electron chi connectivity index (χ0n) is 23.2. The van der Waals surface area contributed by atoms with E-state index < -0.39 is 42.6 Å². The molecule has 2 N–H and O–H groups in total. The molecule has 9 nitrogen and oxygen atoms in total. The van der Waals surface area contributed by atoms with Crippen LogP contribution in [0.25, 0.3) is 0 Å². The van der Waals surface area contributed by atoms with E-state index in [2.05, 4.69) is 16.7 Å². The van der Waals surface area contributed by atoms with E-state index in [0.717, 1.165) is 5.56 Å². The van der Waals surface area contributed by atoms with Crippen molar-refractivity contribution < 1.29 is 34.3 Å². The van der Waals surface area contributed by atoms with E-state index in [1.165, 1.54) is 0 Å². The SMILES string of the molecule is C=[P@@]1(N[C@H](C(=O)OCCc2ccccc2)C(C)C)OCC(C)(C)[C@H](C(=O)NCCC(=O)OC(C)(C)C)O1.[HH]. The third kappa shape index (κ3) is 10.2. The number of nitrogens with one attached hydrogen (secondary N) is 2. The highest BCUT2D eigenvalue weighted by atomic mass is 31.2. The lowest BCUT2D eigenvalue weighted by atomic mass is 9.87. The fourth-order valence-electron chi connectivity index (χ4n) is 3.62. The van der Waals surface area contributed by atoms with Crippen LogP contribution in [0, 0.1) is 11.3 Å². The van der Waals surface area contributed by atoms with Crippen molar-refractivity contribution in [3.05, 3.63) is 35.9 Å². The Morgan fingerprint density at radius 2 is 1.86 bits per heavy atom. The molecule has 10 heteroatoms. The van der Waals surface area contributed by atoms with Crippen molar-refractivity contribution in [2.75, 3.05) is 19.8 Å². The fraction of sp³-hybridized carbons (Fsp3) is 0.630. The second-order valence-corrected chi connectivity index (χ2v) is 13.4. The lowest BCUT2D eigenvalue weighted by Crippen LogP contribution is -2.52. The van der Waals surface area contributed by atoms with Crippen molar-refractivity contribution in [2.24, 2.45) is 11.3 Å². The number of carbonyl (C=O) groups is 3. The molecule has 0 bridgehead atoms. The summed E-state index contributed by atoms with van der Waals surface area (Å²) in [5.74, 6) is -1.33. The largest absolute Gasteiger partial charge is 0.464 e. The van der Waals surface area contributed by atoms with Gasteiger partial charge in [-0.1, -0.05) is 58.0 Å². The normalized spacial score (nSPS) is 22.2. The number of hydrogen-bond acceptors (Lipinski definition) is 8. The van der Waals surface area contributed by atoms with Gasteiger partial charge in [0.05, 0.1) is 19.6 Å². The summed E-state index contributed by atoms with van der Waals surface area (Å²) in [5.41, 5.74) is -0.165. The van der Waals surface area contributed by atoms with Crippen LogP contribution in [-0.4, -0.2) is 61.7 Å². The summed E-state index contributed by atoms with van der Waals surface area (Å²) in [6.07, 6.45) is 3.86. The summed E-state index contributed by atoms with van der Waals surface area (Å²) in [6, 6.07) is 9.05. The van der Waals surface area contributed by atoms with Crippen LogP contribution in [0.1, 0.15) is 61.9 Å². The Morgan fingerprint density at radius 1 is 1.22 bits per heavy atom. The predicted octanol–water partition coefficient (Wildman–Crippen LogP) is 4.12. The molecule has 0 saturated carbocycles. The molecule has 1 aliphatic rings. The first-order valence-electron chi connectivity index (χ1n) is 12.7. The summed E-state index contributed by atoms with van der Waals surface area (Å²) in [5, 5.41) is 5.88. The average molecular weight is 541 g/mol. The molecule has 0 aromatic heterocycles. The zero-order chi connectivity index (χ0) is 27.9. The molecule has 1 heterocycles. The van der Waals surface area contributed by atoms with Gasteiger partial charge in [-0.05, 0) is 38.6 Å². The standard InChI is InChI=1S/C27H43N2O7P.H2/c1-19(2)22(25(32)33-17-15-20-12-10-9-11-13-20)29-37(8)34-18-27(6,7)23(36-37)24(31)28-16-14-21(30)35-26(3,4)5;/h9-13,19,22-23,29H,8,14-18H2,1-7H3,(H,28,31);1H/t22-,23-,37+;/m0./s1. The molecule has 2 rings (SSSR count). The molecule has 1 aliphatic heterocycles. The first kappa shape index (κ1) is 31.0. The van der Waals surface area contributed by atoms with Gasteiger partial charge in [0.1, 0.15) is 11.6 Å². The van der Waals surface area contributed by atoms with Gasteiger partial charge in [-0.3, -0.25) is 14.4 Å². The Bertz CT molecular complexity index is 979. The zero-order valence-corrected chi connectivity index (χ0v) is 24.1. The summed E-state index contributed by atoms with van der Waals surface area (Å²) >= 11 is 0. The monoisotopic (exact) mass is 540 g/mol. The van der Waals surface area contributed by atoms with Gasteiger partial charge in [-0.2, -0.15) is 0 Å². The van der Waals surface area contributed by atoms with Crippen molar-refractivity contribution in [3.63, 3.8) is 0 Å². The first-order chi connectivity index (χ1) is 17.1. The second kappa shape index (κ2) is 13.1. The van der Waals surface area contributed by atoms with Crippen molar-refractivity contribution >= 4 is 31.6 Å². The third-order valence-electron chi connectivity index (χ3n) is 5.65. The minimum atomic E-state index is -3.04. The van der Waals surface area contributed by atoms with Crippen LogP contribution in [-0.2, 0) is 39.3 Å². The van der Waals surface area contributed by atoms with Crippen LogP contribution in [0.4, 0.5) is 0 Å². The van der Waals surface area contributed by atoms with Gasteiger partial charge in [0, 0.05) is 19.8 Å². The molecule has 1 amide bonds. The first-order valence-corrected chi connectivity index (χ1v) is 14.5. The highest BCUT2D eigenvalue weighted by Crippen LogP contribution is 2.53. The molecule has 1 aromatic carbocycles. The molecular formula is C27H45N2O7P. The van der Waals surface area contributed by atoms with Gasteiger partial charge in [0.25, 0.3) is 0 Å². The molecule has 0 unspecified atom stereocenters. The van der Waals surface area contributed by atoms with E-state index in [4.69, 9.17) is 18.5 Å². The summed E-state index contributed by atoms with van der Waals surface area (Å²) in [7, 11) is -3.04. The number of rotatable bonds is 11. The molecule has 1 aromatic rings. The van der Waals surface area contributed by atoms with E-state index in [1.807, 2.05) is 58.0 Å². The number of hydrogen-bond donors (Lipinski definition) is 2. The number of amides is 1. The van der Waals surface area contributed by atoms with Crippen molar-refractivity contribution in [2.45, 2.75) is 79.1 Å². The van der Waals surface area contributed by atoms with Gasteiger partial charge >= 0.3 is 11.9 Å². The highest BCUT2D eigenvalue weighted by Gasteiger charge is 2.46. The number of benzene rings is 1. The van der Waals surface area contributed by atoms with E-state index in [0.29, 0.717) is 6.42 Å². The molecule has 1 saturated heterocycles. The average Bonchev–Trinajstić information content (AvgIpc) is 2.78. The Labute approximate surface area is 222 Å². The van der Waals surface area contributed by atoms with Gasteiger partial charge in [0.2, 0.25) is 5.91 Å². The maximum Gasteiger partial charge on any atom is 0.323 e. The molecule has 0 radical (unpaired) electrons. The summed E-state index contributed by atoms with van der Waals surface area (Å²) in [4.78, 5) is 37.9. The Kier molecular flexibility index (Phi) is 10.9. The molecule has 1 fully saturated rings. The van der Waals surface area contributed by atoms with Gasteiger partial charge in [-0.15, -0.1) is 0 Å². The van der Waals surface area contributed by atoms with Gasteiger partial charge in [-0.25, -0.2) is 5.09 Å². The Hall–Kier alpha value is -2.19. The maximum absolute atomic E-state index is 13.0. The second-order valence-electron chi connectivity index (χ2n) is 11.3. The van der Waals surface area contributed by atoms with Crippen LogP contribution in [0.15, 0.2) is 30.3 Å². The molecule has 0 spiro atoms. The van der Waals surface area contributed by atoms with Crippen LogP contribution in [0.3, 0.4) is 0 Å². The van der Waals surface area contributed by atoms with E-state index >= 15 is 0 Å². The van der Waals surface area contributed by atoms with Crippen molar-refractivity contribution in [3.8, 4) is 0 Å². The quantitative estimate of drug-likeness (QED) is 0.319. The molecule has 37 heavy (non-hydrogen) atoms. The van der Waals surface area contributed by atoms with Crippen molar-refractivity contribution in [1.29, 1.82) is 0 Å². The topological polar surface area (TPSA) is 112 Å². The Morgan fingerprint density at radius 3 is 2.46 bits per heavy atom. The minimum absolute atomic E-state index is 0. The van der Waals surface area contributed by atoms with Gasteiger partial charge in [0.15, 0.2) is 13.6 Å². The maximum atomic E-state index is 13.0. The molecule has 210 valence electrons. The van der Waals surface area contributed by atoms with Crippen LogP contribution in [0.5, 0.6) is 0 Å². The number of ether oxygens (including phenoxy) is 2. The molecular weight excluding hydrogens is 495 g/mol. The summed E-state index contributed by atoms with van der Waals surface area (Å²) in [6.45, 7) is 13.4. The van der Waals surface area contributed by atoms with Crippen LogP contribution < -0.4 is 10.4 Å². The van der Waals surface area contributed by atoms with Gasteiger partial charge < -0.3 is 23.8 Å². The number of esters is 2. The summed E-state index contributed by atoms with van der Waals surface area (Å²) < 4.78 is 22.9. The highest BCUT2D eigenvalue weighted by molar-refractivity contribution is 7.62. The fourth-order valence-corrected chi connectivity index (χ4v) is 5.91. The predicted molar refractivity (Wildman–Crippen MR) is 147 cm³/mol. The van der Waals surface area contributed by atoms with Crippen molar-refractivity contribution in [1.82, 2.24) is 10.4 Å².